The Bertz CT molecular complexity index is 673. The van der Waals surface area contributed by atoms with Gasteiger partial charge in [-0.25, -0.2) is 9.37 Å². The van der Waals surface area contributed by atoms with Gasteiger partial charge in [-0.1, -0.05) is 23.7 Å². The monoisotopic (exact) mass is 367 g/mol. The predicted molar refractivity (Wildman–Crippen MR) is 92.3 cm³/mol. The van der Waals surface area contributed by atoms with E-state index in [2.05, 4.69) is 10.3 Å². The molecule has 1 fully saturated rings. The van der Waals surface area contributed by atoms with Crippen LogP contribution >= 0.6 is 11.6 Å². The van der Waals surface area contributed by atoms with E-state index in [0.29, 0.717) is 19.8 Å². The van der Waals surface area contributed by atoms with Gasteiger partial charge in [0.25, 0.3) is 5.91 Å². The molecule has 1 aliphatic heterocycles. The van der Waals surface area contributed by atoms with Crippen LogP contribution in [0.5, 0.6) is 5.88 Å². The van der Waals surface area contributed by atoms with Crippen LogP contribution in [0, 0.1) is 5.82 Å². The van der Waals surface area contributed by atoms with E-state index in [1.165, 1.54) is 12.1 Å². The van der Waals surface area contributed by atoms with Crippen LogP contribution in [0.4, 0.5) is 4.39 Å². The van der Waals surface area contributed by atoms with E-state index in [-0.39, 0.29) is 28.4 Å². The number of ether oxygens (including phenoxy) is 2. The van der Waals surface area contributed by atoms with Crippen molar-refractivity contribution in [3.05, 3.63) is 59.0 Å². The van der Waals surface area contributed by atoms with Gasteiger partial charge in [0.15, 0.2) is 0 Å². The fraction of sp³-hybridized carbons (Fsp3) is 0.294. The molecule has 1 saturated heterocycles. The molecule has 1 aromatic carbocycles. The first-order valence-electron chi connectivity index (χ1n) is 7.68. The van der Waals surface area contributed by atoms with E-state index in [0.717, 1.165) is 6.54 Å². The zero-order chi connectivity index (χ0) is 18.1. The molecule has 0 bridgehead atoms. The van der Waals surface area contributed by atoms with E-state index in [1.807, 2.05) is 0 Å². The number of aromatic nitrogens is 1. The van der Waals surface area contributed by atoms with Crippen LogP contribution in [-0.2, 0) is 4.74 Å². The minimum absolute atomic E-state index is 0.162. The summed E-state index contributed by atoms with van der Waals surface area (Å²) in [5.41, 5.74) is 5.53. The summed E-state index contributed by atoms with van der Waals surface area (Å²) in [7, 11) is 0. The van der Waals surface area contributed by atoms with E-state index < -0.39 is 5.91 Å². The van der Waals surface area contributed by atoms with Crippen LogP contribution < -0.4 is 15.8 Å². The first-order valence-corrected chi connectivity index (χ1v) is 8.05. The van der Waals surface area contributed by atoms with Crippen molar-refractivity contribution in [3.63, 3.8) is 0 Å². The molecule has 6 nitrogen and oxygen atoms in total. The van der Waals surface area contributed by atoms with E-state index >= 15 is 0 Å². The van der Waals surface area contributed by atoms with Crippen LogP contribution in [0.25, 0.3) is 0 Å². The van der Waals surface area contributed by atoms with Gasteiger partial charge < -0.3 is 20.5 Å². The zero-order valence-corrected chi connectivity index (χ0v) is 14.2. The lowest BCUT2D eigenvalue weighted by Crippen LogP contribution is -2.33. The Kier molecular flexibility index (Phi) is 7.59. The molecule has 2 aromatic rings. The molecule has 134 valence electrons. The van der Waals surface area contributed by atoms with Gasteiger partial charge in [0.05, 0.1) is 18.2 Å². The Morgan fingerprint density at radius 2 is 2.16 bits per heavy atom. The summed E-state index contributed by atoms with van der Waals surface area (Å²) in [4.78, 5) is 15.2. The number of nitrogens with two attached hydrogens (primary N) is 1. The molecule has 1 atom stereocenters. The minimum atomic E-state index is -0.546. The molecule has 8 heteroatoms. The van der Waals surface area contributed by atoms with Gasteiger partial charge in [0, 0.05) is 19.3 Å². The molecular weight excluding hydrogens is 349 g/mol. The third kappa shape index (κ3) is 6.30. The standard InChI is InChI=1S/C11H15N3O3.C6H4ClF/c12-10(15)9-2-1-3-14-11(9)17-8-6-13-4-5-16-7-8;7-5-3-1-2-4-6(5)8/h1-3,8,13H,4-7H2,(H2,12,15);1-4H. The number of nitrogens with zero attached hydrogens (tertiary/aromatic N) is 1. The van der Waals surface area contributed by atoms with Crippen molar-refractivity contribution in [1.82, 2.24) is 10.3 Å². The summed E-state index contributed by atoms with van der Waals surface area (Å²) in [5.74, 6) is -0.651. The lowest BCUT2D eigenvalue weighted by Gasteiger charge is -2.16. The number of hydrogen-bond acceptors (Lipinski definition) is 5. The Balaban J connectivity index is 0.000000236. The number of pyridine rings is 1. The molecule has 1 unspecified atom stereocenters. The third-order valence-electron chi connectivity index (χ3n) is 3.24. The number of carbonyl (C=O) groups excluding carboxylic acids is 1. The van der Waals surface area contributed by atoms with Crippen molar-refractivity contribution in [2.24, 2.45) is 5.73 Å². The maximum Gasteiger partial charge on any atom is 0.254 e. The summed E-state index contributed by atoms with van der Waals surface area (Å²) in [5, 5.41) is 3.35. The lowest BCUT2D eigenvalue weighted by molar-refractivity contribution is 0.0691. The number of benzene rings is 1. The van der Waals surface area contributed by atoms with Crippen LogP contribution in [0.2, 0.25) is 5.02 Å². The number of primary amides is 1. The highest BCUT2D eigenvalue weighted by molar-refractivity contribution is 6.30. The SMILES string of the molecule is Fc1ccccc1Cl.NC(=O)c1cccnc1OC1CNCCOC1. The van der Waals surface area contributed by atoms with Gasteiger partial charge in [-0.05, 0) is 24.3 Å². The minimum Gasteiger partial charge on any atom is -0.470 e. The third-order valence-corrected chi connectivity index (χ3v) is 3.54. The van der Waals surface area contributed by atoms with Gasteiger partial charge >= 0.3 is 0 Å². The Labute approximate surface area is 150 Å². The van der Waals surface area contributed by atoms with E-state index in [4.69, 9.17) is 26.8 Å². The second-order valence-corrected chi connectivity index (χ2v) is 5.56. The molecule has 1 amide bonds. The molecular formula is C17H19ClFN3O3. The fourth-order valence-electron chi connectivity index (χ4n) is 2.03. The molecule has 0 radical (unpaired) electrons. The molecule has 0 spiro atoms. The number of rotatable bonds is 3. The first kappa shape index (κ1) is 19.1. The summed E-state index contributed by atoms with van der Waals surface area (Å²) in [6, 6.07) is 9.36. The molecule has 1 aliphatic rings. The average Bonchev–Trinajstić information content (AvgIpc) is 2.87. The largest absolute Gasteiger partial charge is 0.470 e. The van der Waals surface area contributed by atoms with E-state index in [1.54, 1.807) is 30.5 Å². The first-order chi connectivity index (χ1) is 12.1. The van der Waals surface area contributed by atoms with Gasteiger partial charge in [-0.2, -0.15) is 0 Å². The number of nitrogens with one attached hydrogen (secondary N) is 1. The van der Waals surface area contributed by atoms with Gasteiger partial charge in [-0.15, -0.1) is 0 Å². The summed E-state index contributed by atoms with van der Waals surface area (Å²) in [6.07, 6.45) is 1.40. The van der Waals surface area contributed by atoms with Crippen molar-refractivity contribution < 1.29 is 18.7 Å². The highest BCUT2D eigenvalue weighted by Crippen LogP contribution is 2.15. The van der Waals surface area contributed by atoms with Crippen LogP contribution in [0.15, 0.2) is 42.6 Å². The summed E-state index contributed by atoms with van der Waals surface area (Å²) in [6.45, 7) is 2.59. The van der Waals surface area contributed by atoms with Crippen molar-refractivity contribution in [2.75, 3.05) is 26.3 Å². The second-order valence-electron chi connectivity index (χ2n) is 5.15. The highest BCUT2D eigenvalue weighted by atomic mass is 35.5. The summed E-state index contributed by atoms with van der Waals surface area (Å²) < 4.78 is 23.2. The van der Waals surface area contributed by atoms with Gasteiger partial charge in [0.2, 0.25) is 5.88 Å². The molecule has 3 N–H and O–H groups in total. The predicted octanol–water partition coefficient (Wildman–Crippen LogP) is 2.03. The Morgan fingerprint density at radius 3 is 2.84 bits per heavy atom. The molecule has 2 heterocycles. The normalized spacial score (nSPS) is 17.0. The van der Waals surface area contributed by atoms with Crippen LogP contribution in [0.1, 0.15) is 10.4 Å². The lowest BCUT2D eigenvalue weighted by atomic mass is 10.2. The average molecular weight is 368 g/mol. The quantitative estimate of drug-likeness (QED) is 0.866. The van der Waals surface area contributed by atoms with Crippen LogP contribution in [-0.4, -0.2) is 43.3 Å². The molecule has 0 saturated carbocycles. The van der Waals surface area contributed by atoms with E-state index in [9.17, 15) is 9.18 Å². The molecule has 25 heavy (non-hydrogen) atoms. The topological polar surface area (TPSA) is 86.5 Å². The van der Waals surface area contributed by atoms with Crippen molar-refractivity contribution in [2.45, 2.75) is 6.10 Å². The second kappa shape index (κ2) is 9.93. The maximum absolute atomic E-state index is 12.2. The molecule has 1 aromatic heterocycles. The smallest absolute Gasteiger partial charge is 0.254 e. The molecule has 3 rings (SSSR count). The Hall–Kier alpha value is -2.22. The van der Waals surface area contributed by atoms with Crippen molar-refractivity contribution in [1.29, 1.82) is 0 Å². The van der Waals surface area contributed by atoms with Crippen molar-refractivity contribution in [3.8, 4) is 5.88 Å². The van der Waals surface area contributed by atoms with Gasteiger partial charge in [0.1, 0.15) is 17.5 Å². The number of halogens is 2. The van der Waals surface area contributed by atoms with Crippen LogP contribution in [0.3, 0.4) is 0 Å². The maximum atomic E-state index is 12.2. The number of carbonyl (C=O) groups is 1. The highest BCUT2D eigenvalue weighted by Gasteiger charge is 2.18. The summed E-state index contributed by atoms with van der Waals surface area (Å²) >= 11 is 5.33. The molecule has 0 aliphatic carbocycles. The van der Waals surface area contributed by atoms with Gasteiger partial charge in [-0.3, -0.25) is 4.79 Å². The zero-order valence-electron chi connectivity index (χ0n) is 13.5. The fourth-order valence-corrected chi connectivity index (χ4v) is 2.16. The van der Waals surface area contributed by atoms with Crippen molar-refractivity contribution >= 4 is 17.5 Å². The number of hydrogen-bond donors (Lipinski definition) is 2. The Morgan fingerprint density at radius 1 is 1.36 bits per heavy atom. The number of amides is 1.